The second kappa shape index (κ2) is 11.7. The zero-order chi connectivity index (χ0) is 27.5. The summed E-state index contributed by atoms with van der Waals surface area (Å²) in [5, 5.41) is 8.44. The smallest absolute Gasteiger partial charge is 0.228 e. The van der Waals surface area contributed by atoms with E-state index in [4.69, 9.17) is 15.2 Å². The lowest BCUT2D eigenvalue weighted by Gasteiger charge is -2.23. The highest BCUT2D eigenvalue weighted by Crippen LogP contribution is 2.29. The Bertz CT molecular complexity index is 1480. The third-order valence-electron chi connectivity index (χ3n) is 7.37. The van der Waals surface area contributed by atoms with Crippen molar-refractivity contribution in [3.8, 4) is 17.1 Å². The third kappa shape index (κ3) is 5.68. The summed E-state index contributed by atoms with van der Waals surface area (Å²) in [6.45, 7) is 3.69. The number of anilines is 2. The van der Waals surface area contributed by atoms with Gasteiger partial charge in [-0.05, 0) is 57.3 Å². The van der Waals surface area contributed by atoms with Gasteiger partial charge in [-0.3, -0.25) is 4.90 Å². The van der Waals surface area contributed by atoms with Crippen molar-refractivity contribution in [2.75, 3.05) is 43.9 Å². The number of rotatable bonds is 9. The Morgan fingerprint density at radius 3 is 2.73 bits per heavy atom. The highest BCUT2D eigenvalue weighted by Gasteiger charge is 2.20. The second-order valence-electron chi connectivity index (χ2n) is 10.1. The van der Waals surface area contributed by atoms with Crippen molar-refractivity contribution in [3.63, 3.8) is 0 Å². The predicted octanol–water partition coefficient (Wildman–Crippen LogP) is 4.53. The van der Waals surface area contributed by atoms with Crippen molar-refractivity contribution in [1.82, 2.24) is 29.6 Å². The molecule has 2 fully saturated rings. The van der Waals surface area contributed by atoms with Crippen LogP contribution >= 0.6 is 0 Å². The maximum absolute atomic E-state index is 14.8. The first kappa shape index (κ1) is 26.3. The molecule has 2 saturated heterocycles. The van der Waals surface area contributed by atoms with Crippen LogP contribution in [0.25, 0.3) is 22.3 Å². The first-order valence-electron chi connectivity index (χ1n) is 13.7. The largest absolute Gasteiger partial charge is 0.489 e. The molecule has 0 bridgehead atoms. The molecule has 4 aromatic rings. The highest BCUT2D eigenvalue weighted by atomic mass is 19.2. The third-order valence-corrected chi connectivity index (χ3v) is 7.37. The summed E-state index contributed by atoms with van der Waals surface area (Å²) in [7, 11) is 0. The molecule has 2 aromatic carbocycles. The molecule has 210 valence electrons. The maximum atomic E-state index is 14.8. The lowest BCUT2D eigenvalue weighted by atomic mass is 10.1. The molecule has 0 aliphatic carbocycles. The van der Waals surface area contributed by atoms with Crippen molar-refractivity contribution in [2.24, 2.45) is 0 Å². The van der Waals surface area contributed by atoms with E-state index in [9.17, 15) is 8.78 Å². The Balaban J connectivity index is 1.16. The van der Waals surface area contributed by atoms with E-state index in [-0.39, 0.29) is 36.0 Å². The van der Waals surface area contributed by atoms with Crippen molar-refractivity contribution < 1.29 is 18.3 Å². The number of fused-ring (bicyclic) bond motifs is 1. The van der Waals surface area contributed by atoms with E-state index in [0.29, 0.717) is 25.6 Å². The SMILES string of the molecule is Nc1nc(NCc2ccc(OCCN3CCCC3)c(F)c2F)nc(-c2ccc3cnn(C4CCCCO4)c3c2)n1. The number of hydrogen-bond donors (Lipinski definition) is 2. The molecule has 12 heteroatoms. The number of benzene rings is 2. The number of hydrogen-bond acceptors (Lipinski definition) is 9. The Kier molecular flexibility index (Phi) is 7.69. The van der Waals surface area contributed by atoms with Gasteiger partial charge in [0.05, 0.1) is 11.7 Å². The zero-order valence-corrected chi connectivity index (χ0v) is 22.2. The molecule has 0 radical (unpaired) electrons. The van der Waals surface area contributed by atoms with E-state index in [0.717, 1.165) is 61.7 Å². The standard InChI is InChI=1S/C28H32F2N8O2/c29-24-20(8-9-22(25(24)30)39-14-12-37-10-2-3-11-37)16-32-28-35-26(34-27(31)36-28)18-6-7-19-17-33-38(21(19)15-18)23-5-1-4-13-40-23/h6-9,15,17,23H,1-5,10-14,16H2,(H3,31,32,34,35,36). The zero-order valence-electron chi connectivity index (χ0n) is 22.2. The summed E-state index contributed by atoms with van der Waals surface area (Å²) in [5.74, 6) is -1.58. The van der Waals surface area contributed by atoms with Gasteiger partial charge in [0.1, 0.15) is 6.61 Å². The summed E-state index contributed by atoms with van der Waals surface area (Å²) in [4.78, 5) is 15.1. The number of aromatic nitrogens is 5. The van der Waals surface area contributed by atoms with E-state index in [2.05, 4.69) is 30.3 Å². The van der Waals surface area contributed by atoms with Crippen LogP contribution in [-0.2, 0) is 11.3 Å². The Morgan fingerprint density at radius 1 is 1.02 bits per heavy atom. The average Bonchev–Trinajstić information content (AvgIpc) is 3.65. The van der Waals surface area contributed by atoms with Gasteiger partial charge in [0, 0.05) is 36.2 Å². The van der Waals surface area contributed by atoms with Gasteiger partial charge in [-0.15, -0.1) is 0 Å². The van der Waals surface area contributed by atoms with Crippen LogP contribution in [0.1, 0.15) is 43.9 Å². The molecule has 40 heavy (non-hydrogen) atoms. The number of nitrogens with zero attached hydrogens (tertiary/aromatic N) is 6. The van der Waals surface area contributed by atoms with Gasteiger partial charge >= 0.3 is 0 Å². The molecule has 0 spiro atoms. The number of nitrogens with two attached hydrogens (primary N) is 1. The predicted molar refractivity (Wildman–Crippen MR) is 147 cm³/mol. The quantitative estimate of drug-likeness (QED) is 0.310. The van der Waals surface area contributed by atoms with Crippen LogP contribution in [0.15, 0.2) is 36.5 Å². The van der Waals surface area contributed by atoms with E-state index < -0.39 is 11.6 Å². The van der Waals surface area contributed by atoms with Gasteiger partial charge in [0.2, 0.25) is 17.7 Å². The number of nitrogen functional groups attached to an aromatic ring is 1. The van der Waals surface area contributed by atoms with Crippen molar-refractivity contribution in [3.05, 3.63) is 53.7 Å². The Hall–Kier alpha value is -3.90. The fraction of sp³-hybridized carbons (Fsp3) is 0.429. The van der Waals surface area contributed by atoms with Crippen molar-refractivity contribution in [2.45, 2.75) is 44.9 Å². The first-order chi connectivity index (χ1) is 19.5. The first-order valence-corrected chi connectivity index (χ1v) is 13.7. The Morgan fingerprint density at radius 2 is 1.90 bits per heavy atom. The number of halogens is 2. The molecule has 0 saturated carbocycles. The van der Waals surface area contributed by atoms with E-state index >= 15 is 0 Å². The van der Waals surface area contributed by atoms with E-state index in [1.54, 1.807) is 0 Å². The molecule has 6 rings (SSSR count). The maximum Gasteiger partial charge on any atom is 0.228 e. The van der Waals surface area contributed by atoms with Gasteiger partial charge in [0.25, 0.3) is 0 Å². The van der Waals surface area contributed by atoms with Gasteiger partial charge in [-0.25, -0.2) is 9.07 Å². The summed E-state index contributed by atoms with van der Waals surface area (Å²) >= 11 is 0. The normalized spacial score (nSPS) is 17.9. The van der Waals surface area contributed by atoms with Gasteiger partial charge in [-0.1, -0.05) is 18.2 Å². The summed E-state index contributed by atoms with van der Waals surface area (Å²) < 4.78 is 42.8. The molecule has 3 N–H and O–H groups in total. The van der Waals surface area contributed by atoms with Gasteiger partial charge in [-0.2, -0.15) is 24.4 Å². The second-order valence-corrected chi connectivity index (χ2v) is 10.1. The van der Waals surface area contributed by atoms with Crippen LogP contribution in [0.2, 0.25) is 0 Å². The monoisotopic (exact) mass is 550 g/mol. The number of ether oxygens (including phenoxy) is 2. The van der Waals surface area contributed by atoms with Crippen LogP contribution < -0.4 is 15.8 Å². The molecule has 4 heterocycles. The van der Waals surface area contributed by atoms with Crippen LogP contribution in [0.5, 0.6) is 5.75 Å². The molecule has 2 aliphatic rings. The molecule has 10 nitrogen and oxygen atoms in total. The lowest BCUT2D eigenvalue weighted by Crippen LogP contribution is -2.25. The Labute approximate surface area is 230 Å². The molecule has 2 aliphatic heterocycles. The molecule has 1 unspecified atom stereocenters. The molecular weight excluding hydrogens is 518 g/mol. The molecule has 2 aromatic heterocycles. The number of likely N-dealkylation sites (tertiary alicyclic amines) is 1. The van der Waals surface area contributed by atoms with Crippen molar-refractivity contribution >= 4 is 22.8 Å². The average molecular weight is 551 g/mol. The summed E-state index contributed by atoms with van der Waals surface area (Å²) in [5.41, 5.74) is 7.71. The molecule has 0 amide bonds. The van der Waals surface area contributed by atoms with Gasteiger partial charge in [0.15, 0.2) is 23.6 Å². The van der Waals surface area contributed by atoms with E-state index in [1.165, 1.54) is 12.1 Å². The number of nitrogens with one attached hydrogen (secondary N) is 1. The summed E-state index contributed by atoms with van der Waals surface area (Å²) in [6.07, 6.45) is 7.06. The molecular formula is C28H32F2N8O2. The fourth-order valence-corrected chi connectivity index (χ4v) is 5.21. The van der Waals surface area contributed by atoms with Gasteiger partial charge < -0.3 is 20.5 Å². The highest BCUT2D eigenvalue weighted by molar-refractivity contribution is 5.83. The van der Waals surface area contributed by atoms with Crippen molar-refractivity contribution in [1.29, 1.82) is 0 Å². The fourth-order valence-electron chi connectivity index (χ4n) is 5.21. The van der Waals surface area contributed by atoms with E-state index in [1.807, 2.05) is 29.1 Å². The van der Waals surface area contributed by atoms with Crippen LogP contribution in [0.4, 0.5) is 20.7 Å². The topological polar surface area (TPSA) is 116 Å². The van der Waals surface area contributed by atoms with Crippen LogP contribution in [0.3, 0.4) is 0 Å². The lowest BCUT2D eigenvalue weighted by molar-refractivity contribution is -0.0366. The summed E-state index contributed by atoms with van der Waals surface area (Å²) in [6, 6.07) is 8.70. The van der Waals surface area contributed by atoms with Crippen LogP contribution in [-0.4, -0.2) is 62.5 Å². The minimum Gasteiger partial charge on any atom is -0.489 e. The van der Waals surface area contributed by atoms with Crippen LogP contribution in [0, 0.1) is 11.6 Å². The minimum atomic E-state index is -1.01. The molecule has 1 atom stereocenters. The minimum absolute atomic E-state index is 0.00474.